The van der Waals surface area contributed by atoms with Crippen molar-refractivity contribution in [1.82, 2.24) is 15.3 Å². The van der Waals surface area contributed by atoms with Gasteiger partial charge >= 0.3 is 0 Å². The largest absolute Gasteiger partial charge is 0.384 e. The topological polar surface area (TPSA) is 80.9 Å². The molecule has 0 aliphatic heterocycles. The van der Waals surface area contributed by atoms with Crippen LogP contribution in [0, 0.1) is 6.92 Å². The quantitative estimate of drug-likeness (QED) is 0.898. The molecule has 0 saturated carbocycles. The first-order valence-electron chi connectivity index (χ1n) is 5.66. The van der Waals surface area contributed by atoms with E-state index in [0.29, 0.717) is 12.1 Å². The first-order chi connectivity index (χ1) is 9.08. The van der Waals surface area contributed by atoms with Gasteiger partial charge in [-0.15, -0.1) is 0 Å². The Labute approximate surface area is 115 Å². The number of halogens is 1. The zero-order chi connectivity index (χ0) is 13.8. The maximum absolute atomic E-state index is 12.0. The van der Waals surface area contributed by atoms with Crippen LogP contribution in [-0.4, -0.2) is 15.9 Å². The normalized spacial score (nSPS) is 10.2. The highest BCUT2D eigenvalue weighted by Gasteiger charge is 2.11. The number of carbonyl (C=O) groups excluding carboxylic acids is 1. The van der Waals surface area contributed by atoms with Crippen molar-refractivity contribution in [2.24, 2.45) is 0 Å². The van der Waals surface area contributed by atoms with E-state index in [0.717, 1.165) is 11.1 Å². The van der Waals surface area contributed by atoms with Gasteiger partial charge in [-0.25, -0.2) is 4.98 Å². The summed E-state index contributed by atoms with van der Waals surface area (Å²) >= 11 is 5.91. The van der Waals surface area contributed by atoms with Crippen LogP contribution in [0.3, 0.4) is 0 Å². The third-order valence-corrected chi connectivity index (χ3v) is 3.01. The Morgan fingerprint density at radius 1 is 1.47 bits per heavy atom. The van der Waals surface area contributed by atoms with Gasteiger partial charge < -0.3 is 11.1 Å². The minimum atomic E-state index is -0.289. The van der Waals surface area contributed by atoms with Gasteiger partial charge in [0.25, 0.3) is 5.91 Å². The first-order valence-corrected chi connectivity index (χ1v) is 6.04. The molecule has 98 valence electrons. The summed E-state index contributed by atoms with van der Waals surface area (Å²) in [7, 11) is 0. The van der Waals surface area contributed by atoms with Gasteiger partial charge in [-0.1, -0.05) is 11.6 Å². The molecule has 0 aliphatic carbocycles. The molecule has 2 heterocycles. The van der Waals surface area contributed by atoms with Crippen LogP contribution in [0.15, 0.2) is 30.7 Å². The Balaban J connectivity index is 2.10. The number of hydrogen-bond acceptors (Lipinski definition) is 4. The van der Waals surface area contributed by atoms with Crippen molar-refractivity contribution < 1.29 is 4.79 Å². The van der Waals surface area contributed by atoms with Gasteiger partial charge in [-0.05, 0) is 30.2 Å². The lowest BCUT2D eigenvalue weighted by Gasteiger charge is -2.08. The Hall–Kier alpha value is -2.14. The molecule has 5 nitrogen and oxygen atoms in total. The zero-order valence-electron chi connectivity index (χ0n) is 10.4. The monoisotopic (exact) mass is 276 g/mol. The van der Waals surface area contributed by atoms with Gasteiger partial charge in [0.15, 0.2) is 0 Å². The lowest BCUT2D eigenvalue weighted by atomic mass is 10.1. The van der Waals surface area contributed by atoms with Crippen molar-refractivity contribution in [3.63, 3.8) is 0 Å². The molecule has 2 rings (SSSR count). The molecule has 6 heteroatoms. The van der Waals surface area contributed by atoms with Crippen molar-refractivity contribution in [2.45, 2.75) is 13.5 Å². The number of amides is 1. The molecule has 2 aromatic heterocycles. The Morgan fingerprint density at radius 2 is 2.26 bits per heavy atom. The lowest BCUT2D eigenvalue weighted by Crippen LogP contribution is -2.23. The maximum atomic E-state index is 12.0. The molecule has 0 bridgehead atoms. The third-order valence-electron chi connectivity index (χ3n) is 2.71. The molecule has 0 aromatic carbocycles. The number of aromatic nitrogens is 2. The molecule has 0 radical (unpaired) electrons. The van der Waals surface area contributed by atoms with Crippen LogP contribution < -0.4 is 11.1 Å². The van der Waals surface area contributed by atoms with Gasteiger partial charge in [0, 0.05) is 25.1 Å². The second-order valence-electron chi connectivity index (χ2n) is 4.07. The van der Waals surface area contributed by atoms with Crippen LogP contribution in [0.1, 0.15) is 21.5 Å². The smallest absolute Gasteiger partial charge is 0.253 e. The van der Waals surface area contributed by atoms with E-state index < -0.39 is 0 Å². The van der Waals surface area contributed by atoms with Gasteiger partial charge in [0.05, 0.1) is 10.6 Å². The fourth-order valence-corrected chi connectivity index (χ4v) is 1.77. The predicted octanol–water partition coefficient (Wildman–Crippen LogP) is 1.95. The van der Waals surface area contributed by atoms with Crippen molar-refractivity contribution in [3.8, 4) is 0 Å². The summed E-state index contributed by atoms with van der Waals surface area (Å²) in [4.78, 5) is 19.8. The lowest BCUT2D eigenvalue weighted by molar-refractivity contribution is 0.0951. The van der Waals surface area contributed by atoms with E-state index in [-0.39, 0.29) is 16.7 Å². The van der Waals surface area contributed by atoms with E-state index in [1.165, 1.54) is 12.3 Å². The minimum Gasteiger partial charge on any atom is -0.384 e. The van der Waals surface area contributed by atoms with Crippen LogP contribution in [0.25, 0.3) is 0 Å². The summed E-state index contributed by atoms with van der Waals surface area (Å²) in [5.41, 5.74) is 7.87. The molecule has 0 atom stereocenters. The van der Waals surface area contributed by atoms with Crippen molar-refractivity contribution in [2.75, 3.05) is 5.73 Å². The van der Waals surface area contributed by atoms with Crippen LogP contribution >= 0.6 is 11.6 Å². The van der Waals surface area contributed by atoms with Crippen molar-refractivity contribution in [3.05, 3.63) is 52.4 Å². The SMILES string of the molecule is Cc1ccncc1CNC(=O)c1cc(N)ncc1Cl. The summed E-state index contributed by atoms with van der Waals surface area (Å²) in [5.74, 6) is -0.0329. The van der Waals surface area contributed by atoms with Gasteiger partial charge in [-0.2, -0.15) is 0 Å². The number of hydrogen-bond donors (Lipinski definition) is 2. The van der Waals surface area contributed by atoms with E-state index in [1.807, 2.05) is 13.0 Å². The molecule has 19 heavy (non-hydrogen) atoms. The number of aryl methyl sites for hydroxylation is 1. The van der Waals surface area contributed by atoms with Crippen LogP contribution in [0.2, 0.25) is 5.02 Å². The van der Waals surface area contributed by atoms with Gasteiger partial charge in [0.1, 0.15) is 5.82 Å². The number of nitrogen functional groups attached to an aromatic ring is 1. The second-order valence-corrected chi connectivity index (χ2v) is 4.48. The summed E-state index contributed by atoms with van der Waals surface area (Å²) in [5, 5.41) is 3.05. The Morgan fingerprint density at radius 3 is 3.00 bits per heavy atom. The third kappa shape index (κ3) is 3.20. The molecule has 0 aliphatic rings. The van der Waals surface area contributed by atoms with Crippen molar-refractivity contribution >= 4 is 23.3 Å². The summed E-state index contributed by atoms with van der Waals surface area (Å²) in [6, 6.07) is 3.34. The molecule has 2 aromatic rings. The number of nitrogens with two attached hydrogens (primary N) is 1. The fourth-order valence-electron chi connectivity index (χ4n) is 1.58. The van der Waals surface area contributed by atoms with E-state index in [4.69, 9.17) is 17.3 Å². The molecular formula is C13H13ClN4O. The maximum Gasteiger partial charge on any atom is 0.253 e. The summed E-state index contributed by atoms with van der Waals surface area (Å²) in [6.45, 7) is 2.34. The van der Waals surface area contributed by atoms with Crippen LogP contribution in [-0.2, 0) is 6.54 Å². The molecule has 0 saturated heterocycles. The van der Waals surface area contributed by atoms with Crippen molar-refractivity contribution in [1.29, 1.82) is 0 Å². The highest BCUT2D eigenvalue weighted by Crippen LogP contribution is 2.16. The molecule has 0 spiro atoms. The fraction of sp³-hybridized carbons (Fsp3) is 0.154. The summed E-state index contributed by atoms with van der Waals surface area (Å²) < 4.78 is 0. The van der Waals surface area contributed by atoms with E-state index in [2.05, 4.69) is 15.3 Å². The number of pyridine rings is 2. The highest BCUT2D eigenvalue weighted by molar-refractivity contribution is 6.33. The van der Waals surface area contributed by atoms with Crippen LogP contribution in [0.4, 0.5) is 5.82 Å². The summed E-state index contributed by atoms with van der Waals surface area (Å²) in [6.07, 6.45) is 4.79. The van der Waals surface area contributed by atoms with Gasteiger partial charge in [-0.3, -0.25) is 9.78 Å². The molecular weight excluding hydrogens is 264 g/mol. The standard InChI is InChI=1S/C13H13ClN4O/c1-8-2-3-16-5-9(8)6-18-13(19)10-4-12(15)17-7-11(10)14/h2-5,7H,6H2,1H3,(H2,15,17)(H,18,19). The molecule has 0 unspecified atom stereocenters. The van der Waals surface area contributed by atoms with Crippen LogP contribution in [0.5, 0.6) is 0 Å². The first kappa shape index (κ1) is 13.3. The average Bonchev–Trinajstić information content (AvgIpc) is 2.40. The van der Waals surface area contributed by atoms with E-state index >= 15 is 0 Å². The van der Waals surface area contributed by atoms with Gasteiger partial charge in [0.2, 0.25) is 0 Å². The Bertz CT molecular complexity index is 615. The average molecular weight is 277 g/mol. The molecule has 0 fully saturated rings. The van der Waals surface area contributed by atoms with E-state index in [9.17, 15) is 4.79 Å². The number of nitrogens with one attached hydrogen (secondary N) is 1. The van der Waals surface area contributed by atoms with E-state index in [1.54, 1.807) is 12.4 Å². The zero-order valence-corrected chi connectivity index (χ0v) is 11.1. The molecule has 1 amide bonds. The number of anilines is 1. The minimum absolute atomic E-state index is 0.257. The molecule has 3 N–H and O–H groups in total. The number of rotatable bonds is 3. The highest BCUT2D eigenvalue weighted by atomic mass is 35.5. The Kier molecular flexibility index (Phi) is 3.97. The number of carbonyl (C=O) groups is 1. The predicted molar refractivity (Wildman–Crippen MR) is 73.8 cm³/mol. The number of nitrogens with zero attached hydrogens (tertiary/aromatic N) is 2. The second kappa shape index (κ2) is 5.67.